The SMILES string of the molecule is Cc1cc(OCC(=O)Nc2nc3ccc([N+](=O)[O-])cc3s2)ccc1Br. The van der Waals surface area contributed by atoms with E-state index in [1.807, 2.05) is 19.1 Å². The topological polar surface area (TPSA) is 94.4 Å². The van der Waals surface area contributed by atoms with Crippen molar-refractivity contribution in [2.24, 2.45) is 0 Å². The third-order valence-corrected chi connectivity index (χ3v) is 5.15. The van der Waals surface area contributed by atoms with Crippen molar-refractivity contribution in [3.8, 4) is 5.75 Å². The van der Waals surface area contributed by atoms with Crippen LogP contribution in [0.2, 0.25) is 0 Å². The lowest BCUT2D eigenvalue weighted by atomic mass is 10.2. The number of nitrogens with zero attached hydrogens (tertiary/aromatic N) is 2. The molecule has 0 spiro atoms. The number of anilines is 1. The zero-order valence-corrected chi connectivity index (χ0v) is 15.4. The highest BCUT2D eigenvalue weighted by Gasteiger charge is 2.12. The summed E-state index contributed by atoms with van der Waals surface area (Å²) in [6.07, 6.45) is 0. The number of carbonyl (C=O) groups excluding carboxylic acids is 1. The van der Waals surface area contributed by atoms with Gasteiger partial charge in [0.1, 0.15) is 5.75 Å². The molecule has 0 fully saturated rings. The summed E-state index contributed by atoms with van der Waals surface area (Å²) in [5, 5.41) is 13.8. The van der Waals surface area contributed by atoms with E-state index in [1.54, 1.807) is 12.1 Å². The molecule has 1 N–H and O–H groups in total. The molecule has 3 aromatic rings. The average molecular weight is 422 g/mol. The van der Waals surface area contributed by atoms with Gasteiger partial charge in [0.05, 0.1) is 15.1 Å². The number of thiazole rings is 1. The Morgan fingerprint density at radius 3 is 2.88 bits per heavy atom. The molecule has 7 nitrogen and oxygen atoms in total. The van der Waals surface area contributed by atoms with Crippen molar-refractivity contribution in [1.29, 1.82) is 0 Å². The Labute approximate surface area is 154 Å². The second-order valence-electron chi connectivity index (χ2n) is 5.18. The van der Waals surface area contributed by atoms with Gasteiger partial charge in [0.25, 0.3) is 11.6 Å². The molecule has 1 heterocycles. The Morgan fingerprint density at radius 2 is 2.16 bits per heavy atom. The minimum absolute atomic E-state index is 0.0111. The van der Waals surface area contributed by atoms with Crippen LogP contribution in [0.15, 0.2) is 40.9 Å². The number of aromatic nitrogens is 1. The smallest absolute Gasteiger partial charge is 0.270 e. The number of non-ortho nitro benzene ring substituents is 1. The number of ether oxygens (including phenoxy) is 1. The first-order chi connectivity index (χ1) is 11.9. The summed E-state index contributed by atoms with van der Waals surface area (Å²) >= 11 is 4.57. The average Bonchev–Trinajstić information content (AvgIpc) is 2.97. The molecule has 2 aromatic carbocycles. The molecule has 0 atom stereocenters. The Bertz CT molecular complexity index is 973. The van der Waals surface area contributed by atoms with Gasteiger partial charge in [-0.05, 0) is 36.8 Å². The number of hydrogen-bond donors (Lipinski definition) is 1. The molecule has 25 heavy (non-hydrogen) atoms. The summed E-state index contributed by atoms with van der Waals surface area (Å²) in [6.45, 7) is 1.77. The van der Waals surface area contributed by atoms with Gasteiger partial charge in [-0.2, -0.15) is 0 Å². The van der Waals surface area contributed by atoms with E-state index in [0.29, 0.717) is 21.1 Å². The minimum Gasteiger partial charge on any atom is -0.484 e. The Kier molecular flexibility index (Phi) is 4.95. The molecule has 1 aromatic heterocycles. The van der Waals surface area contributed by atoms with Crippen molar-refractivity contribution in [3.63, 3.8) is 0 Å². The van der Waals surface area contributed by atoms with Crippen molar-refractivity contribution >= 4 is 54.2 Å². The van der Waals surface area contributed by atoms with Crippen molar-refractivity contribution < 1.29 is 14.5 Å². The summed E-state index contributed by atoms with van der Waals surface area (Å²) in [6, 6.07) is 9.81. The predicted molar refractivity (Wildman–Crippen MR) is 99.3 cm³/mol. The van der Waals surface area contributed by atoms with Crippen molar-refractivity contribution in [1.82, 2.24) is 4.98 Å². The molecular formula is C16H12BrN3O4S. The van der Waals surface area contributed by atoms with Crippen LogP contribution >= 0.6 is 27.3 Å². The first kappa shape index (κ1) is 17.3. The van der Waals surface area contributed by atoms with E-state index in [-0.39, 0.29) is 18.2 Å². The Balaban J connectivity index is 1.65. The molecule has 0 aliphatic carbocycles. The lowest BCUT2D eigenvalue weighted by Crippen LogP contribution is -2.20. The molecule has 0 saturated carbocycles. The van der Waals surface area contributed by atoms with Crippen molar-refractivity contribution in [2.75, 3.05) is 11.9 Å². The molecule has 128 valence electrons. The second-order valence-corrected chi connectivity index (χ2v) is 7.06. The van der Waals surface area contributed by atoms with Crippen LogP contribution in [0.4, 0.5) is 10.8 Å². The number of carbonyl (C=O) groups is 1. The van der Waals surface area contributed by atoms with E-state index in [1.165, 1.54) is 23.5 Å². The number of halogens is 1. The number of benzene rings is 2. The van der Waals surface area contributed by atoms with Gasteiger partial charge in [0.2, 0.25) is 0 Å². The largest absolute Gasteiger partial charge is 0.484 e. The molecule has 1 amide bonds. The zero-order valence-electron chi connectivity index (χ0n) is 13.0. The summed E-state index contributed by atoms with van der Waals surface area (Å²) < 4.78 is 7.05. The van der Waals surface area contributed by atoms with E-state index in [4.69, 9.17) is 4.74 Å². The highest BCUT2D eigenvalue weighted by atomic mass is 79.9. The maximum atomic E-state index is 12.0. The van der Waals surface area contributed by atoms with E-state index < -0.39 is 4.92 Å². The summed E-state index contributed by atoms with van der Waals surface area (Å²) in [4.78, 5) is 26.6. The van der Waals surface area contributed by atoms with Crippen molar-refractivity contribution in [2.45, 2.75) is 6.92 Å². The highest BCUT2D eigenvalue weighted by Crippen LogP contribution is 2.29. The van der Waals surface area contributed by atoms with Crippen molar-refractivity contribution in [3.05, 3.63) is 56.5 Å². The molecular weight excluding hydrogens is 410 g/mol. The number of nitro benzene ring substituents is 1. The molecule has 0 aliphatic rings. The van der Waals surface area contributed by atoms with Crippen LogP contribution in [0, 0.1) is 17.0 Å². The first-order valence-electron chi connectivity index (χ1n) is 7.16. The molecule has 9 heteroatoms. The van der Waals surface area contributed by atoms with Crippen LogP contribution in [-0.4, -0.2) is 22.4 Å². The number of nitrogens with one attached hydrogen (secondary N) is 1. The standard InChI is InChI=1S/C16H12BrN3O4S/c1-9-6-11(3-4-12(9)17)24-8-15(21)19-16-18-13-5-2-10(20(22)23)7-14(13)25-16/h2-7H,8H2,1H3,(H,18,19,21). The molecule has 0 aliphatic heterocycles. The normalized spacial score (nSPS) is 10.6. The van der Waals surface area contributed by atoms with Crippen LogP contribution in [0.3, 0.4) is 0 Å². The van der Waals surface area contributed by atoms with Gasteiger partial charge in [-0.1, -0.05) is 27.3 Å². The minimum atomic E-state index is -0.467. The second kappa shape index (κ2) is 7.16. The summed E-state index contributed by atoms with van der Waals surface area (Å²) in [7, 11) is 0. The quantitative estimate of drug-likeness (QED) is 0.489. The molecule has 0 radical (unpaired) electrons. The molecule has 0 bridgehead atoms. The Morgan fingerprint density at radius 1 is 1.36 bits per heavy atom. The summed E-state index contributed by atoms with van der Waals surface area (Å²) in [5.74, 6) is 0.241. The summed E-state index contributed by atoms with van der Waals surface area (Å²) in [5.41, 5.74) is 1.59. The Hall–Kier alpha value is -2.52. The van der Waals surface area contributed by atoms with E-state index in [9.17, 15) is 14.9 Å². The fraction of sp³-hybridized carbons (Fsp3) is 0.125. The van der Waals surface area contributed by atoms with Crippen LogP contribution in [0.25, 0.3) is 10.2 Å². The first-order valence-corrected chi connectivity index (χ1v) is 8.77. The lowest BCUT2D eigenvalue weighted by molar-refractivity contribution is -0.384. The lowest BCUT2D eigenvalue weighted by Gasteiger charge is -2.07. The van der Waals surface area contributed by atoms with Gasteiger partial charge < -0.3 is 4.74 Å². The number of aryl methyl sites for hydroxylation is 1. The van der Waals surface area contributed by atoms with Gasteiger partial charge >= 0.3 is 0 Å². The molecule has 0 saturated heterocycles. The van der Waals surface area contributed by atoms with Gasteiger partial charge in [0, 0.05) is 16.6 Å². The van der Waals surface area contributed by atoms with E-state index >= 15 is 0 Å². The monoisotopic (exact) mass is 421 g/mol. The zero-order chi connectivity index (χ0) is 18.0. The number of nitro groups is 1. The fourth-order valence-corrected chi connectivity index (χ4v) is 3.25. The van der Waals surface area contributed by atoms with E-state index in [2.05, 4.69) is 26.2 Å². The highest BCUT2D eigenvalue weighted by molar-refractivity contribution is 9.10. The number of amides is 1. The number of hydrogen-bond acceptors (Lipinski definition) is 6. The molecule has 0 unspecified atom stereocenters. The number of rotatable bonds is 5. The number of fused-ring (bicyclic) bond motifs is 1. The van der Waals surface area contributed by atoms with Crippen LogP contribution in [-0.2, 0) is 4.79 Å². The third kappa shape index (κ3) is 4.12. The van der Waals surface area contributed by atoms with Crippen LogP contribution < -0.4 is 10.1 Å². The molecule has 3 rings (SSSR count). The fourth-order valence-electron chi connectivity index (χ4n) is 2.09. The van der Waals surface area contributed by atoms with Crippen LogP contribution in [0.5, 0.6) is 5.75 Å². The van der Waals surface area contributed by atoms with Gasteiger partial charge in [0.15, 0.2) is 11.7 Å². The maximum absolute atomic E-state index is 12.0. The van der Waals surface area contributed by atoms with E-state index in [0.717, 1.165) is 10.0 Å². The third-order valence-electron chi connectivity index (χ3n) is 3.33. The predicted octanol–water partition coefficient (Wildman–Crippen LogP) is 4.29. The van der Waals surface area contributed by atoms with Gasteiger partial charge in [-0.15, -0.1) is 0 Å². The van der Waals surface area contributed by atoms with Gasteiger partial charge in [-0.3, -0.25) is 20.2 Å². The van der Waals surface area contributed by atoms with Gasteiger partial charge in [-0.25, -0.2) is 4.98 Å². The van der Waals surface area contributed by atoms with Crippen LogP contribution in [0.1, 0.15) is 5.56 Å². The maximum Gasteiger partial charge on any atom is 0.270 e.